The van der Waals surface area contributed by atoms with Gasteiger partial charge in [-0.2, -0.15) is 0 Å². The highest BCUT2D eigenvalue weighted by Gasteiger charge is 2.51. The van der Waals surface area contributed by atoms with Gasteiger partial charge in [0.2, 0.25) is 0 Å². The predicted molar refractivity (Wildman–Crippen MR) is 212 cm³/mol. The van der Waals surface area contributed by atoms with E-state index < -0.39 is 0 Å². The Kier molecular flexibility index (Phi) is 8.55. The maximum Gasteiger partial charge on any atom is 0.339 e. The Hall–Kier alpha value is -3.66. The highest BCUT2D eigenvalue weighted by molar-refractivity contribution is 6.35. The van der Waals surface area contributed by atoms with Crippen LogP contribution in [0, 0.1) is 10.8 Å². The van der Waals surface area contributed by atoms with E-state index in [-0.39, 0.29) is 23.1 Å². The minimum Gasteiger partial charge on any atom is -0.455 e. The van der Waals surface area contributed by atoms with Crippen molar-refractivity contribution in [2.75, 3.05) is 0 Å². The molecule has 4 bridgehead atoms. The fraction of sp³-hybridized carbons (Fsp3) is 0.542. The van der Waals surface area contributed by atoms with Crippen molar-refractivity contribution in [1.82, 2.24) is 0 Å². The first-order valence-corrected chi connectivity index (χ1v) is 20.9. The van der Waals surface area contributed by atoms with Gasteiger partial charge in [-0.15, -0.1) is 0 Å². The third-order valence-electron chi connectivity index (χ3n) is 15.0. The molecule has 0 heterocycles. The van der Waals surface area contributed by atoms with Crippen LogP contribution < -0.4 is 0 Å². The molecule has 0 amide bonds. The lowest BCUT2D eigenvalue weighted by molar-refractivity contribution is -0.106. The second-order valence-corrected chi connectivity index (χ2v) is 17.8. The van der Waals surface area contributed by atoms with Crippen LogP contribution in [0.25, 0.3) is 43.1 Å². The molecular formula is C48H56O4. The van der Waals surface area contributed by atoms with Crippen LogP contribution in [0.1, 0.15) is 163 Å². The van der Waals surface area contributed by atoms with Crippen LogP contribution in [0.3, 0.4) is 0 Å². The Morgan fingerprint density at radius 3 is 1.17 bits per heavy atom. The highest BCUT2D eigenvalue weighted by Crippen LogP contribution is 2.58. The van der Waals surface area contributed by atoms with Gasteiger partial charge >= 0.3 is 11.9 Å². The Morgan fingerprint density at radius 1 is 0.462 bits per heavy atom. The second-order valence-electron chi connectivity index (χ2n) is 17.8. The first-order chi connectivity index (χ1) is 25.3. The van der Waals surface area contributed by atoms with E-state index in [9.17, 15) is 9.59 Å². The standard InChI is InChI=1S/C48H56O4/c1-3-5-7-19-45-21-27-47(28-22-45,29-23-45)51-43(49)39-17-15-37-38-16-18-40(36-14-10-12-34(42(36)38)33-11-9-13-35(39)41(33)37)44(50)52-48-30-24-46(25-31-48,26-32-48)20-8-6-4-2/h9-18H,3-8,19-32H2,1-2H3. The average Bonchev–Trinajstić information content (AvgIpc) is 3.18. The van der Waals surface area contributed by atoms with E-state index in [1.54, 1.807) is 0 Å². The van der Waals surface area contributed by atoms with Crippen LogP contribution in [0.5, 0.6) is 0 Å². The van der Waals surface area contributed by atoms with Crippen LogP contribution in [0.2, 0.25) is 0 Å². The van der Waals surface area contributed by atoms with E-state index in [1.807, 2.05) is 12.1 Å². The summed E-state index contributed by atoms with van der Waals surface area (Å²) in [6, 6.07) is 20.8. The van der Waals surface area contributed by atoms with Crippen LogP contribution in [-0.4, -0.2) is 23.1 Å². The van der Waals surface area contributed by atoms with Gasteiger partial charge in [0, 0.05) is 0 Å². The molecule has 6 fully saturated rings. The summed E-state index contributed by atoms with van der Waals surface area (Å²) in [7, 11) is 0. The smallest absolute Gasteiger partial charge is 0.339 e. The molecule has 0 atom stereocenters. The second kappa shape index (κ2) is 13.0. The van der Waals surface area contributed by atoms with Crippen LogP contribution in [0.4, 0.5) is 0 Å². The summed E-state index contributed by atoms with van der Waals surface area (Å²) in [5.74, 6) is -0.372. The van der Waals surface area contributed by atoms with Gasteiger partial charge in [0.1, 0.15) is 11.2 Å². The normalized spacial score (nSPS) is 28.3. The maximum absolute atomic E-state index is 14.1. The van der Waals surface area contributed by atoms with Crippen molar-refractivity contribution in [3.8, 4) is 0 Å². The minimum absolute atomic E-state index is 0.186. The van der Waals surface area contributed by atoms with E-state index >= 15 is 0 Å². The fourth-order valence-electron chi connectivity index (χ4n) is 11.6. The molecule has 6 aliphatic rings. The Bertz CT molecular complexity index is 1930. The van der Waals surface area contributed by atoms with Crippen molar-refractivity contribution in [2.24, 2.45) is 10.8 Å². The monoisotopic (exact) mass is 696 g/mol. The Balaban J connectivity index is 1.00. The molecule has 52 heavy (non-hydrogen) atoms. The maximum atomic E-state index is 14.1. The van der Waals surface area contributed by atoms with E-state index in [4.69, 9.17) is 9.47 Å². The molecule has 4 nitrogen and oxygen atoms in total. The van der Waals surface area contributed by atoms with Gasteiger partial charge in [-0.3, -0.25) is 0 Å². The van der Waals surface area contributed by atoms with Crippen molar-refractivity contribution in [2.45, 2.75) is 153 Å². The lowest BCUT2D eigenvalue weighted by Crippen LogP contribution is -2.48. The summed E-state index contributed by atoms with van der Waals surface area (Å²) < 4.78 is 13.1. The van der Waals surface area contributed by atoms with Gasteiger partial charge in [0.15, 0.2) is 0 Å². The number of esters is 2. The van der Waals surface area contributed by atoms with Crippen molar-refractivity contribution in [3.05, 3.63) is 71.8 Å². The molecule has 6 saturated carbocycles. The van der Waals surface area contributed by atoms with Gasteiger partial charge in [-0.05, 0) is 156 Å². The lowest BCUT2D eigenvalue weighted by Gasteiger charge is -2.53. The lowest BCUT2D eigenvalue weighted by atomic mass is 9.57. The first-order valence-electron chi connectivity index (χ1n) is 20.9. The van der Waals surface area contributed by atoms with Crippen molar-refractivity contribution in [1.29, 1.82) is 0 Å². The molecule has 5 aromatic carbocycles. The third-order valence-corrected chi connectivity index (χ3v) is 15.0. The zero-order chi connectivity index (χ0) is 35.6. The molecule has 0 aromatic heterocycles. The molecule has 0 unspecified atom stereocenters. The summed E-state index contributed by atoms with van der Waals surface area (Å²) in [5.41, 5.74) is 1.62. The van der Waals surface area contributed by atoms with Crippen molar-refractivity contribution in [3.63, 3.8) is 0 Å². The molecule has 0 spiro atoms. The molecule has 272 valence electrons. The van der Waals surface area contributed by atoms with Crippen LogP contribution in [0.15, 0.2) is 60.7 Å². The number of hydrogen-bond donors (Lipinski definition) is 0. The Morgan fingerprint density at radius 2 is 0.808 bits per heavy atom. The summed E-state index contributed by atoms with van der Waals surface area (Å²) >= 11 is 0. The number of benzene rings is 5. The number of hydrogen-bond acceptors (Lipinski definition) is 4. The zero-order valence-electron chi connectivity index (χ0n) is 31.5. The summed E-state index contributed by atoms with van der Waals surface area (Å²) in [4.78, 5) is 28.2. The molecular weight excluding hydrogens is 641 g/mol. The van der Waals surface area contributed by atoms with Crippen molar-refractivity contribution < 1.29 is 19.1 Å². The van der Waals surface area contributed by atoms with Crippen LogP contribution in [-0.2, 0) is 9.47 Å². The van der Waals surface area contributed by atoms with Gasteiger partial charge in [-0.1, -0.05) is 101 Å². The average molecular weight is 697 g/mol. The van der Waals surface area contributed by atoms with Gasteiger partial charge in [0.05, 0.1) is 11.1 Å². The third kappa shape index (κ3) is 5.61. The highest BCUT2D eigenvalue weighted by atomic mass is 16.6. The molecule has 4 heteroatoms. The quantitative estimate of drug-likeness (QED) is 0.0564. The minimum atomic E-state index is -0.320. The number of fused-ring (bicyclic) bond motifs is 8. The molecule has 0 aliphatic heterocycles. The van der Waals surface area contributed by atoms with E-state index in [1.165, 1.54) is 89.9 Å². The van der Waals surface area contributed by atoms with Gasteiger partial charge in [0.25, 0.3) is 0 Å². The van der Waals surface area contributed by atoms with Gasteiger partial charge in [-0.25, -0.2) is 9.59 Å². The summed E-state index contributed by atoms with van der Waals surface area (Å²) in [6.45, 7) is 4.56. The van der Waals surface area contributed by atoms with E-state index in [0.29, 0.717) is 22.0 Å². The molecule has 0 N–H and O–H groups in total. The van der Waals surface area contributed by atoms with Crippen molar-refractivity contribution >= 4 is 55.0 Å². The molecule has 11 rings (SSSR count). The molecule has 5 aromatic rings. The van der Waals surface area contributed by atoms with Gasteiger partial charge < -0.3 is 9.47 Å². The summed E-state index contributed by atoms with van der Waals surface area (Å²) in [5, 5.41) is 8.50. The Labute approximate surface area is 309 Å². The fourth-order valence-corrected chi connectivity index (χ4v) is 11.6. The molecule has 6 aliphatic carbocycles. The summed E-state index contributed by atoms with van der Waals surface area (Å²) in [6.07, 6.45) is 23.6. The molecule has 0 radical (unpaired) electrons. The van der Waals surface area contributed by atoms with Crippen LogP contribution >= 0.6 is 0 Å². The van der Waals surface area contributed by atoms with E-state index in [2.05, 4.69) is 62.4 Å². The topological polar surface area (TPSA) is 52.6 Å². The largest absolute Gasteiger partial charge is 0.455 e. The zero-order valence-corrected chi connectivity index (χ0v) is 31.5. The number of rotatable bonds is 12. The number of carbonyl (C=O) groups is 2. The number of ether oxygens (including phenoxy) is 2. The SMILES string of the molecule is CCCCCC12CCC(OC(=O)c3ccc4c5ccc(C(=O)OC67CCC(CCCCC)(CC6)CC7)c6cccc(c7cccc3c74)c65)(CC1)CC2. The van der Waals surface area contributed by atoms with E-state index in [0.717, 1.165) is 81.6 Å². The number of carbonyl (C=O) groups excluding carboxylic acids is 2. The molecule has 0 saturated heterocycles. The first kappa shape index (κ1) is 34.1. The predicted octanol–water partition coefficient (Wildman–Crippen LogP) is 13.4. The number of unbranched alkanes of at least 4 members (excludes halogenated alkanes) is 4.